The fraction of sp³-hybridized carbons (Fsp3) is 0.250. The van der Waals surface area contributed by atoms with Gasteiger partial charge < -0.3 is 0 Å². The molecule has 1 heterocycles. The van der Waals surface area contributed by atoms with Crippen molar-refractivity contribution in [2.45, 2.75) is 20.3 Å². The van der Waals surface area contributed by atoms with Crippen LogP contribution in [0.5, 0.6) is 0 Å². The molecule has 0 aliphatic heterocycles. The smallest absolute Gasteiger partial charge is 0.138 e. The molecule has 1 aromatic carbocycles. The average Bonchev–Trinajstić information content (AvgIpc) is 2.25. The molecule has 0 amide bonds. The maximum Gasteiger partial charge on any atom is 0.138 e. The first-order chi connectivity index (χ1) is 7.54. The number of hydrogen-bond acceptors (Lipinski definition) is 1. The van der Waals surface area contributed by atoms with Crippen molar-refractivity contribution in [1.82, 2.24) is 4.98 Å². The van der Waals surface area contributed by atoms with Crippen molar-refractivity contribution in [2.24, 2.45) is 0 Å². The molecule has 0 N–H and O–H groups in total. The molecule has 16 heavy (non-hydrogen) atoms. The van der Waals surface area contributed by atoms with Crippen LogP contribution >= 0.6 is 27.5 Å². The highest BCUT2D eigenvalue weighted by molar-refractivity contribution is 9.10. The quantitative estimate of drug-likeness (QED) is 0.698. The minimum absolute atomic E-state index is 0.267. The molecule has 1 aromatic heterocycles. The summed E-state index contributed by atoms with van der Waals surface area (Å²) in [6, 6.07) is 3.35. The third-order valence-electron chi connectivity index (χ3n) is 2.59. The summed E-state index contributed by atoms with van der Waals surface area (Å²) in [5.74, 6) is -0.267. The number of pyridine rings is 1. The highest BCUT2D eigenvalue weighted by Crippen LogP contribution is 2.31. The normalized spacial score (nSPS) is 11.1. The molecular weight excluding hydrogens is 292 g/mol. The zero-order chi connectivity index (χ0) is 11.9. The van der Waals surface area contributed by atoms with Gasteiger partial charge in [-0.25, -0.2) is 9.37 Å². The second kappa shape index (κ2) is 4.30. The fourth-order valence-electron chi connectivity index (χ4n) is 1.70. The minimum atomic E-state index is -0.267. The molecule has 0 bridgehead atoms. The van der Waals surface area contributed by atoms with Gasteiger partial charge in [0.15, 0.2) is 0 Å². The zero-order valence-corrected chi connectivity index (χ0v) is 11.3. The summed E-state index contributed by atoms with van der Waals surface area (Å²) in [6.45, 7) is 3.82. The van der Waals surface area contributed by atoms with Crippen molar-refractivity contribution < 1.29 is 4.39 Å². The van der Waals surface area contributed by atoms with Gasteiger partial charge in [0.2, 0.25) is 0 Å². The number of nitrogens with zero attached hydrogens (tertiary/aromatic N) is 1. The Bertz CT molecular complexity index is 569. The number of hydrogen-bond donors (Lipinski definition) is 0. The lowest BCUT2D eigenvalue weighted by atomic mass is 10.1. The number of fused-ring (bicyclic) bond motifs is 1. The van der Waals surface area contributed by atoms with Crippen LogP contribution in [0, 0.1) is 12.7 Å². The Balaban J connectivity index is 2.90. The van der Waals surface area contributed by atoms with Gasteiger partial charge in [-0.3, -0.25) is 0 Å². The molecule has 1 nitrogen and oxygen atoms in total. The van der Waals surface area contributed by atoms with E-state index >= 15 is 0 Å². The van der Waals surface area contributed by atoms with Gasteiger partial charge in [0, 0.05) is 5.39 Å². The van der Waals surface area contributed by atoms with Gasteiger partial charge in [0.1, 0.15) is 11.0 Å². The standard InChI is InChI=1S/C12H10BrClFN/c1-3-7-5-8-10(13)9(15)4-6(2)11(8)16-12(7)14/h4-5H,3H2,1-2H3. The van der Waals surface area contributed by atoms with Crippen LogP contribution < -0.4 is 0 Å². The fourth-order valence-corrected chi connectivity index (χ4v) is 2.39. The molecule has 0 unspecified atom stereocenters. The van der Waals surface area contributed by atoms with E-state index in [1.54, 1.807) is 0 Å². The number of aryl methyl sites for hydroxylation is 2. The number of halogens is 3. The van der Waals surface area contributed by atoms with Gasteiger partial charge in [-0.15, -0.1) is 0 Å². The van der Waals surface area contributed by atoms with E-state index in [0.29, 0.717) is 9.63 Å². The van der Waals surface area contributed by atoms with Crippen molar-refractivity contribution in [3.63, 3.8) is 0 Å². The van der Waals surface area contributed by atoms with E-state index in [2.05, 4.69) is 20.9 Å². The third-order valence-corrected chi connectivity index (χ3v) is 3.73. The van der Waals surface area contributed by atoms with Crippen molar-refractivity contribution in [1.29, 1.82) is 0 Å². The van der Waals surface area contributed by atoms with Gasteiger partial charge in [-0.1, -0.05) is 18.5 Å². The lowest BCUT2D eigenvalue weighted by molar-refractivity contribution is 0.622. The first kappa shape index (κ1) is 11.8. The Morgan fingerprint density at radius 2 is 2.12 bits per heavy atom. The topological polar surface area (TPSA) is 12.9 Å². The average molecular weight is 303 g/mol. The van der Waals surface area contributed by atoms with Gasteiger partial charge in [0.25, 0.3) is 0 Å². The molecule has 0 aliphatic rings. The molecule has 2 rings (SSSR count). The predicted octanol–water partition coefficient (Wildman–Crippen LogP) is 4.66. The SMILES string of the molecule is CCc1cc2c(Br)c(F)cc(C)c2nc1Cl. The molecule has 4 heteroatoms. The Kier molecular flexibility index (Phi) is 3.17. The Hall–Kier alpha value is -0.670. The van der Waals surface area contributed by atoms with Crippen LogP contribution in [0.4, 0.5) is 4.39 Å². The summed E-state index contributed by atoms with van der Waals surface area (Å²) in [6.07, 6.45) is 0.782. The molecule has 0 atom stereocenters. The maximum atomic E-state index is 13.5. The molecular formula is C12H10BrClFN. The Morgan fingerprint density at radius 3 is 2.75 bits per heavy atom. The highest BCUT2D eigenvalue weighted by atomic mass is 79.9. The molecule has 0 fully saturated rings. The van der Waals surface area contributed by atoms with Crippen LogP contribution in [0.25, 0.3) is 10.9 Å². The van der Waals surface area contributed by atoms with Crippen molar-refractivity contribution >= 4 is 38.4 Å². The third kappa shape index (κ3) is 1.82. The lowest BCUT2D eigenvalue weighted by Crippen LogP contribution is -1.93. The van der Waals surface area contributed by atoms with Crippen molar-refractivity contribution in [2.75, 3.05) is 0 Å². The molecule has 84 valence electrons. The van der Waals surface area contributed by atoms with E-state index in [1.165, 1.54) is 6.07 Å². The second-order valence-corrected chi connectivity index (χ2v) is 4.83. The molecule has 0 spiro atoms. The van der Waals surface area contributed by atoms with Crippen LogP contribution in [0.3, 0.4) is 0 Å². The largest absolute Gasteiger partial charge is 0.235 e. The van der Waals surface area contributed by atoms with Crippen LogP contribution in [0.2, 0.25) is 5.15 Å². The highest BCUT2D eigenvalue weighted by Gasteiger charge is 2.11. The summed E-state index contributed by atoms with van der Waals surface area (Å²) < 4.78 is 14.0. The predicted molar refractivity (Wildman–Crippen MR) is 68.5 cm³/mol. The zero-order valence-electron chi connectivity index (χ0n) is 8.94. The van der Waals surface area contributed by atoms with Gasteiger partial charge >= 0.3 is 0 Å². The van der Waals surface area contributed by atoms with Gasteiger partial charge in [-0.05, 0) is 52.5 Å². The van der Waals surface area contributed by atoms with E-state index in [1.807, 2.05) is 19.9 Å². The second-order valence-electron chi connectivity index (χ2n) is 3.68. The van der Waals surface area contributed by atoms with Crippen LogP contribution in [-0.2, 0) is 6.42 Å². The molecule has 0 saturated heterocycles. The summed E-state index contributed by atoms with van der Waals surface area (Å²) in [7, 11) is 0. The first-order valence-electron chi connectivity index (χ1n) is 4.98. The van der Waals surface area contributed by atoms with Crippen molar-refractivity contribution in [3.8, 4) is 0 Å². The number of rotatable bonds is 1. The lowest BCUT2D eigenvalue weighted by Gasteiger charge is -2.08. The summed E-state index contributed by atoms with van der Waals surface area (Å²) in [5, 5.41) is 1.27. The van der Waals surface area contributed by atoms with Gasteiger partial charge in [0.05, 0.1) is 9.99 Å². The van der Waals surface area contributed by atoms with E-state index in [9.17, 15) is 4.39 Å². The Morgan fingerprint density at radius 1 is 1.44 bits per heavy atom. The van der Waals surface area contributed by atoms with Gasteiger partial charge in [-0.2, -0.15) is 0 Å². The van der Waals surface area contributed by atoms with Crippen LogP contribution in [0.1, 0.15) is 18.1 Å². The number of aromatic nitrogens is 1. The minimum Gasteiger partial charge on any atom is -0.235 e. The van der Waals surface area contributed by atoms with E-state index in [4.69, 9.17) is 11.6 Å². The molecule has 0 saturated carbocycles. The van der Waals surface area contributed by atoms with Crippen LogP contribution in [0.15, 0.2) is 16.6 Å². The maximum absolute atomic E-state index is 13.5. The molecule has 0 aliphatic carbocycles. The van der Waals surface area contributed by atoms with E-state index in [-0.39, 0.29) is 5.82 Å². The summed E-state index contributed by atoms with van der Waals surface area (Å²) in [5.41, 5.74) is 2.47. The van der Waals surface area contributed by atoms with Crippen molar-refractivity contribution in [3.05, 3.63) is 38.7 Å². The summed E-state index contributed by atoms with van der Waals surface area (Å²) >= 11 is 9.29. The van der Waals surface area contributed by atoms with E-state index < -0.39 is 0 Å². The monoisotopic (exact) mass is 301 g/mol. The number of benzene rings is 1. The molecule has 2 aromatic rings. The summed E-state index contributed by atoms with van der Waals surface area (Å²) in [4.78, 5) is 4.32. The van der Waals surface area contributed by atoms with E-state index in [0.717, 1.165) is 28.5 Å². The Labute approximate surface area is 107 Å². The first-order valence-corrected chi connectivity index (χ1v) is 6.15. The van der Waals surface area contributed by atoms with Crippen LogP contribution in [-0.4, -0.2) is 4.98 Å². The molecule has 0 radical (unpaired) electrons.